The summed E-state index contributed by atoms with van der Waals surface area (Å²) in [5.74, 6) is 0. The molecule has 0 aliphatic rings. The monoisotopic (exact) mass is 224 g/mol. The number of H-pyrrole nitrogens is 1. The van der Waals surface area contributed by atoms with E-state index in [1.165, 1.54) is 17.7 Å². The average Bonchev–Trinajstić information content (AvgIpc) is 2.59. The number of nitrogens with one attached hydrogen (secondary N) is 3. The highest BCUT2D eigenvalue weighted by Gasteiger charge is 2.04. The van der Waals surface area contributed by atoms with Gasteiger partial charge >= 0.3 is 0 Å². The minimum atomic E-state index is 1.04. The highest BCUT2D eigenvalue weighted by molar-refractivity contribution is 5.23. The van der Waals surface area contributed by atoms with Gasteiger partial charge in [0.1, 0.15) is 0 Å². The lowest BCUT2D eigenvalue weighted by molar-refractivity contribution is 0.606. The van der Waals surface area contributed by atoms with Gasteiger partial charge in [0, 0.05) is 5.69 Å². The van der Waals surface area contributed by atoms with Crippen LogP contribution >= 0.6 is 0 Å². The van der Waals surface area contributed by atoms with Crippen molar-refractivity contribution in [2.24, 2.45) is 0 Å². The Bertz CT molecular complexity index is 274. The van der Waals surface area contributed by atoms with Crippen LogP contribution < -0.4 is 10.6 Å². The zero-order chi connectivity index (χ0) is 11.8. The molecule has 0 aromatic carbocycles. The normalized spacial score (nSPS) is 10.9. The van der Waals surface area contributed by atoms with Crippen molar-refractivity contribution in [3.8, 4) is 0 Å². The fourth-order valence-electron chi connectivity index (χ4n) is 1.80. The summed E-state index contributed by atoms with van der Waals surface area (Å²) in [5.41, 5.74) is 3.69. The summed E-state index contributed by atoms with van der Waals surface area (Å²) in [6.07, 6.45) is 2.26. The van der Waals surface area contributed by atoms with Crippen LogP contribution in [0.15, 0.2) is 0 Å². The maximum absolute atomic E-state index is 4.19. The number of hydrogen-bond acceptors (Lipinski definition) is 3. The molecule has 3 N–H and O–H groups in total. The summed E-state index contributed by atoms with van der Waals surface area (Å²) in [4.78, 5) is 0. The van der Waals surface area contributed by atoms with E-state index in [9.17, 15) is 0 Å². The van der Waals surface area contributed by atoms with Gasteiger partial charge in [0.25, 0.3) is 0 Å². The molecule has 0 spiro atoms. The molecule has 1 aromatic heterocycles. The van der Waals surface area contributed by atoms with Crippen LogP contribution in [0.25, 0.3) is 0 Å². The third-order valence-corrected chi connectivity index (χ3v) is 2.79. The molecule has 0 fully saturated rings. The quantitative estimate of drug-likeness (QED) is 0.581. The van der Waals surface area contributed by atoms with Gasteiger partial charge in [-0.1, -0.05) is 6.92 Å². The van der Waals surface area contributed by atoms with E-state index in [1.54, 1.807) is 0 Å². The van der Waals surface area contributed by atoms with Crippen LogP contribution in [0.1, 0.15) is 30.3 Å². The Morgan fingerprint density at radius 2 is 1.88 bits per heavy atom. The number of aromatic amines is 1. The predicted octanol–water partition coefficient (Wildman–Crippen LogP) is 1.16. The molecule has 0 amide bonds. The van der Waals surface area contributed by atoms with Crippen LogP contribution in [-0.4, -0.2) is 36.4 Å². The second kappa shape index (κ2) is 7.41. The van der Waals surface area contributed by atoms with Crippen molar-refractivity contribution in [3.05, 3.63) is 17.0 Å². The van der Waals surface area contributed by atoms with Gasteiger partial charge in [-0.15, -0.1) is 0 Å². The Morgan fingerprint density at radius 3 is 2.50 bits per heavy atom. The Morgan fingerprint density at radius 1 is 1.12 bits per heavy atom. The fraction of sp³-hybridized carbons (Fsp3) is 0.750. The lowest BCUT2D eigenvalue weighted by Crippen LogP contribution is -2.23. The molecular weight excluding hydrogens is 200 g/mol. The molecule has 0 bridgehead atoms. The molecule has 0 radical (unpaired) electrons. The summed E-state index contributed by atoms with van der Waals surface area (Å²) in [7, 11) is 0. The molecule has 92 valence electrons. The van der Waals surface area contributed by atoms with Crippen molar-refractivity contribution in [1.29, 1.82) is 0 Å². The number of nitrogens with zero attached hydrogens (tertiary/aromatic N) is 1. The van der Waals surface area contributed by atoms with E-state index < -0.39 is 0 Å². The number of rotatable bonds is 8. The highest BCUT2D eigenvalue weighted by Crippen LogP contribution is 2.08. The maximum atomic E-state index is 4.19. The molecular formula is C12H24N4. The molecule has 0 unspecified atom stereocenters. The van der Waals surface area contributed by atoms with Crippen LogP contribution in [0.4, 0.5) is 0 Å². The van der Waals surface area contributed by atoms with Crippen LogP contribution in [0, 0.1) is 13.8 Å². The molecule has 1 aromatic rings. The molecule has 0 aliphatic carbocycles. The molecule has 0 atom stereocenters. The smallest absolute Gasteiger partial charge is 0.0626 e. The summed E-state index contributed by atoms with van der Waals surface area (Å²) < 4.78 is 0. The maximum Gasteiger partial charge on any atom is 0.0626 e. The summed E-state index contributed by atoms with van der Waals surface area (Å²) >= 11 is 0. The lowest BCUT2D eigenvalue weighted by atomic mass is 10.1. The van der Waals surface area contributed by atoms with E-state index in [2.05, 4.69) is 41.6 Å². The first-order chi connectivity index (χ1) is 7.75. The number of hydrogen-bond donors (Lipinski definition) is 3. The van der Waals surface area contributed by atoms with E-state index in [1.807, 2.05) is 0 Å². The molecule has 4 nitrogen and oxygen atoms in total. The SMILES string of the molecule is CCNCCCNCCc1c(C)n[nH]c1C. The van der Waals surface area contributed by atoms with Crippen LogP contribution in [0.5, 0.6) is 0 Å². The molecule has 1 rings (SSSR count). The van der Waals surface area contributed by atoms with Crippen molar-refractivity contribution >= 4 is 0 Å². The number of aromatic nitrogens is 2. The number of aryl methyl sites for hydroxylation is 2. The zero-order valence-electron chi connectivity index (χ0n) is 10.7. The first-order valence-corrected chi connectivity index (χ1v) is 6.17. The van der Waals surface area contributed by atoms with Gasteiger partial charge < -0.3 is 10.6 Å². The van der Waals surface area contributed by atoms with Gasteiger partial charge in [0.05, 0.1) is 5.69 Å². The standard InChI is InChI=1S/C12H24N4/c1-4-13-7-5-8-14-9-6-12-10(2)15-16-11(12)3/h13-14H,4-9H2,1-3H3,(H,15,16). The molecule has 4 heteroatoms. The Hall–Kier alpha value is -0.870. The second-order valence-corrected chi connectivity index (χ2v) is 4.12. The van der Waals surface area contributed by atoms with E-state index >= 15 is 0 Å². The second-order valence-electron chi connectivity index (χ2n) is 4.12. The molecule has 16 heavy (non-hydrogen) atoms. The summed E-state index contributed by atoms with van der Waals surface area (Å²) in [5, 5.41) is 14.0. The average molecular weight is 224 g/mol. The van der Waals surface area contributed by atoms with Crippen LogP contribution in [0.2, 0.25) is 0 Å². The van der Waals surface area contributed by atoms with E-state index in [0.717, 1.165) is 38.3 Å². The van der Waals surface area contributed by atoms with Gasteiger partial charge in [-0.05, 0) is 58.4 Å². The van der Waals surface area contributed by atoms with E-state index in [0.29, 0.717) is 0 Å². The molecule has 0 saturated heterocycles. The summed E-state index contributed by atoms with van der Waals surface area (Å²) in [6.45, 7) is 10.6. The van der Waals surface area contributed by atoms with Gasteiger partial charge in [-0.25, -0.2) is 0 Å². The third kappa shape index (κ3) is 4.33. The van der Waals surface area contributed by atoms with Gasteiger partial charge in [-0.3, -0.25) is 5.10 Å². The van der Waals surface area contributed by atoms with Crippen molar-refractivity contribution in [1.82, 2.24) is 20.8 Å². The van der Waals surface area contributed by atoms with Crippen molar-refractivity contribution in [3.63, 3.8) is 0 Å². The van der Waals surface area contributed by atoms with Gasteiger partial charge in [0.2, 0.25) is 0 Å². The fourth-order valence-corrected chi connectivity index (χ4v) is 1.80. The predicted molar refractivity (Wildman–Crippen MR) is 67.8 cm³/mol. The minimum absolute atomic E-state index is 1.04. The first kappa shape index (κ1) is 13.2. The van der Waals surface area contributed by atoms with E-state index in [4.69, 9.17) is 0 Å². The van der Waals surface area contributed by atoms with Gasteiger partial charge in [0.15, 0.2) is 0 Å². The molecule has 1 heterocycles. The van der Waals surface area contributed by atoms with Crippen LogP contribution in [-0.2, 0) is 6.42 Å². The van der Waals surface area contributed by atoms with Crippen molar-refractivity contribution < 1.29 is 0 Å². The van der Waals surface area contributed by atoms with Gasteiger partial charge in [-0.2, -0.15) is 5.10 Å². The molecule has 0 aliphatic heterocycles. The topological polar surface area (TPSA) is 52.7 Å². The van der Waals surface area contributed by atoms with Crippen molar-refractivity contribution in [2.45, 2.75) is 33.6 Å². The Kier molecular flexibility index (Phi) is 6.11. The van der Waals surface area contributed by atoms with Crippen molar-refractivity contribution in [2.75, 3.05) is 26.2 Å². The lowest BCUT2D eigenvalue weighted by Gasteiger charge is -2.05. The molecule has 0 saturated carbocycles. The first-order valence-electron chi connectivity index (χ1n) is 6.17. The Balaban J connectivity index is 2.07. The largest absolute Gasteiger partial charge is 0.317 e. The third-order valence-electron chi connectivity index (χ3n) is 2.79. The zero-order valence-corrected chi connectivity index (χ0v) is 10.7. The summed E-state index contributed by atoms with van der Waals surface area (Å²) in [6, 6.07) is 0. The van der Waals surface area contributed by atoms with E-state index in [-0.39, 0.29) is 0 Å². The minimum Gasteiger partial charge on any atom is -0.317 e. The van der Waals surface area contributed by atoms with Crippen LogP contribution in [0.3, 0.4) is 0 Å². The Labute approximate surface area is 98.2 Å². The highest BCUT2D eigenvalue weighted by atomic mass is 15.1.